The lowest BCUT2D eigenvalue weighted by atomic mass is 10.0. The molecule has 0 saturated carbocycles. The van der Waals surface area contributed by atoms with E-state index in [9.17, 15) is 18.4 Å². The lowest BCUT2D eigenvalue weighted by Crippen LogP contribution is -2.50. The number of aromatic nitrogens is 1. The highest BCUT2D eigenvalue weighted by molar-refractivity contribution is 9.10. The minimum Gasteiger partial charge on any atom is -0.487 e. The van der Waals surface area contributed by atoms with Gasteiger partial charge >= 0.3 is 6.03 Å². The summed E-state index contributed by atoms with van der Waals surface area (Å²) in [5, 5.41) is 6.17. The van der Waals surface area contributed by atoms with Crippen molar-refractivity contribution < 1.29 is 18.3 Å². The highest BCUT2D eigenvalue weighted by Crippen LogP contribution is 2.31. The molecule has 2 aromatic carbocycles. The maximum atomic E-state index is 14.1. The summed E-state index contributed by atoms with van der Waals surface area (Å²) in [6.07, 6.45) is 0.454. The lowest BCUT2D eigenvalue weighted by Gasteiger charge is -2.27. The first-order valence-corrected chi connectivity index (χ1v) is 12.4. The van der Waals surface area contributed by atoms with Crippen molar-refractivity contribution in [1.82, 2.24) is 20.5 Å². The van der Waals surface area contributed by atoms with Crippen molar-refractivity contribution in [2.45, 2.75) is 26.5 Å². The number of hydrogen-bond donors (Lipinski definition) is 3. The van der Waals surface area contributed by atoms with E-state index in [2.05, 4.69) is 31.5 Å². The van der Waals surface area contributed by atoms with Crippen LogP contribution < -0.4 is 20.9 Å². The normalized spacial score (nSPS) is 13.5. The number of aryl methyl sites for hydroxylation is 1. The Bertz CT molecular complexity index is 1290. The molecule has 36 heavy (non-hydrogen) atoms. The van der Waals surface area contributed by atoms with Gasteiger partial charge in [0.15, 0.2) is 0 Å². The Hall–Kier alpha value is -3.24. The van der Waals surface area contributed by atoms with Crippen LogP contribution in [0.25, 0.3) is 0 Å². The van der Waals surface area contributed by atoms with E-state index in [1.807, 2.05) is 24.3 Å². The first-order chi connectivity index (χ1) is 17.3. The number of carbonyl (C=O) groups is 1. The Labute approximate surface area is 216 Å². The third-order valence-electron chi connectivity index (χ3n) is 6.07. The average molecular weight is 561 g/mol. The van der Waals surface area contributed by atoms with Crippen LogP contribution in [0, 0.1) is 18.6 Å². The molecule has 0 atom stereocenters. The zero-order valence-electron chi connectivity index (χ0n) is 19.8. The number of aromatic amines is 1. The predicted octanol–water partition coefficient (Wildman–Crippen LogP) is 4.01. The van der Waals surface area contributed by atoms with Crippen LogP contribution in [-0.2, 0) is 19.6 Å². The molecule has 2 heterocycles. The van der Waals surface area contributed by atoms with Gasteiger partial charge in [-0.3, -0.25) is 4.79 Å². The summed E-state index contributed by atoms with van der Waals surface area (Å²) in [6, 6.07) is 11.0. The van der Waals surface area contributed by atoms with Gasteiger partial charge in [-0.05, 0) is 46.1 Å². The second-order valence-electron chi connectivity index (χ2n) is 8.61. The van der Waals surface area contributed by atoms with Crippen molar-refractivity contribution in [3.8, 4) is 5.75 Å². The number of halogens is 3. The Balaban J connectivity index is 1.45. The van der Waals surface area contributed by atoms with Crippen LogP contribution in [0.1, 0.15) is 27.9 Å². The molecule has 10 heteroatoms. The van der Waals surface area contributed by atoms with E-state index < -0.39 is 11.6 Å². The number of amides is 2. The largest absolute Gasteiger partial charge is 0.487 e. The number of rotatable bonds is 7. The lowest BCUT2D eigenvalue weighted by molar-refractivity contribution is 0.190. The van der Waals surface area contributed by atoms with E-state index in [0.29, 0.717) is 37.5 Å². The molecule has 0 aliphatic carbocycles. The third-order valence-corrected chi connectivity index (χ3v) is 6.79. The number of hydrogen-bond acceptors (Lipinski definition) is 4. The number of piperazine rings is 1. The predicted molar refractivity (Wildman–Crippen MR) is 136 cm³/mol. The smallest absolute Gasteiger partial charge is 0.317 e. The fourth-order valence-corrected chi connectivity index (χ4v) is 4.45. The molecule has 190 valence electrons. The maximum absolute atomic E-state index is 14.1. The number of nitrogens with zero attached hydrogens (tertiary/aromatic N) is 1. The Kier molecular flexibility index (Phi) is 8.37. The van der Waals surface area contributed by atoms with Crippen LogP contribution in [0.2, 0.25) is 0 Å². The summed E-state index contributed by atoms with van der Waals surface area (Å²) < 4.78 is 33.4. The van der Waals surface area contributed by atoms with Crippen molar-refractivity contribution in [2.75, 3.05) is 26.2 Å². The summed E-state index contributed by atoms with van der Waals surface area (Å²) >= 11 is 3.29. The van der Waals surface area contributed by atoms with Crippen molar-refractivity contribution >= 4 is 22.0 Å². The summed E-state index contributed by atoms with van der Waals surface area (Å²) in [5.41, 5.74) is 3.12. The molecule has 0 bridgehead atoms. The highest BCUT2D eigenvalue weighted by Gasteiger charge is 2.18. The molecule has 3 N–H and O–H groups in total. The fraction of sp³-hybridized carbons (Fsp3) is 0.308. The standard InChI is InChI=1S/C26H27BrF2N4O3/c1-16-21(24(23(27)25(34)32-16)36-15-19-6-7-20(28)13-22(19)29)12-17-2-4-18(5-3-17)14-31-26(35)33-10-8-30-9-11-33/h2-7,13,30H,8-12,14-15H2,1H3,(H,31,35)(H,32,34). The molecule has 1 aliphatic heterocycles. The highest BCUT2D eigenvalue weighted by atomic mass is 79.9. The number of benzene rings is 2. The fourth-order valence-electron chi connectivity index (χ4n) is 3.99. The molecule has 0 unspecified atom stereocenters. The van der Waals surface area contributed by atoms with Gasteiger partial charge in [0.1, 0.15) is 28.5 Å². The molecule has 4 rings (SSSR count). The molecule has 1 aliphatic rings. The van der Waals surface area contributed by atoms with Crippen LogP contribution >= 0.6 is 15.9 Å². The van der Waals surface area contributed by atoms with Crippen LogP contribution in [0.5, 0.6) is 5.75 Å². The number of urea groups is 1. The quantitative estimate of drug-likeness (QED) is 0.407. The Morgan fingerprint density at radius 1 is 1.11 bits per heavy atom. The molecule has 0 spiro atoms. The number of nitrogens with one attached hydrogen (secondary N) is 3. The van der Waals surface area contributed by atoms with E-state index in [0.717, 1.165) is 41.9 Å². The van der Waals surface area contributed by atoms with Gasteiger partial charge in [0.25, 0.3) is 5.56 Å². The van der Waals surface area contributed by atoms with Crippen molar-refractivity contribution in [3.63, 3.8) is 0 Å². The van der Waals surface area contributed by atoms with Crippen LogP contribution in [0.4, 0.5) is 13.6 Å². The molecule has 2 amide bonds. The Morgan fingerprint density at radius 2 is 1.81 bits per heavy atom. The number of ether oxygens (including phenoxy) is 1. The monoisotopic (exact) mass is 560 g/mol. The molecule has 7 nitrogen and oxygen atoms in total. The van der Waals surface area contributed by atoms with Crippen LogP contribution in [0.3, 0.4) is 0 Å². The number of carbonyl (C=O) groups excluding carboxylic acids is 1. The van der Waals surface area contributed by atoms with Crippen LogP contribution in [0.15, 0.2) is 51.7 Å². The SMILES string of the molecule is Cc1[nH]c(=O)c(Br)c(OCc2ccc(F)cc2F)c1Cc1ccc(CNC(=O)N2CCNCC2)cc1. The van der Waals surface area contributed by atoms with Gasteiger partial charge in [-0.15, -0.1) is 0 Å². The van der Waals surface area contributed by atoms with Gasteiger partial charge in [-0.25, -0.2) is 13.6 Å². The van der Waals surface area contributed by atoms with E-state index in [1.165, 1.54) is 6.07 Å². The van der Waals surface area contributed by atoms with Gasteiger partial charge in [-0.1, -0.05) is 24.3 Å². The molecule has 1 saturated heterocycles. The molecular weight excluding hydrogens is 534 g/mol. The molecule has 1 fully saturated rings. The van der Waals surface area contributed by atoms with E-state index in [1.54, 1.807) is 11.8 Å². The number of pyridine rings is 1. The van der Waals surface area contributed by atoms with E-state index in [-0.39, 0.29) is 28.2 Å². The van der Waals surface area contributed by atoms with Gasteiger partial charge in [0, 0.05) is 62.0 Å². The maximum Gasteiger partial charge on any atom is 0.317 e. The summed E-state index contributed by atoms with van der Waals surface area (Å²) in [6.45, 7) is 5.01. The van der Waals surface area contributed by atoms with Gasteiger partial charge < -0.3 is 25.3 Å². The third kappa shape index (κ3) is 6.30. The first-order valence-electron chi connectivity index (χ1n) is 11.6. The van der Waals surface area contributed by atoms with Gasteiger partial charge in [-0.2, -0.15) is 0 Å². The summed E-state index contributed by atoms with van der Waals surface area (Å²) in [4.78, 5) is 29.2. The topological polar surface area (TPSA) is 86.5 Å². The first kappa shape index (κ1) is 25.8. The molecule has 3 aromatic rings. The van der Waals surface area contributed by atoms with Crippen molar-refractivity contribution in [1.29, 1.82) is 0 Å². The summed E-state index contributed by atoms with van der Waals surface area (Å²) in [7, 11) is 0. The number of H-pyrrole nitrogens is 1. The van der Waals surface area contributed by atoms with Gasteiger partial charge in [0.05, 0.1) is 0 Å². The zero-order chi connectivity index (χ0) is 25.7. The van der Waals surface area contributed by atoms with Gasteiger partial charge in [0.2, 0.25) is 0 Å². The van der Waals surface area contributed by atoms with E-state index in [4.69, 9.17) is 4.74 Å². The van der Waals surface area contributed by atoms with Crippen molar-refractivity contribution in [3.05, 3.63) is 96.9 Å². The second-order valence-corrected chi connectivity index (χ2v) is 9.41. The van der Waals surface area contributed by atoms with Crippen LogP contribution in [-0.4, -0.2) is 42.1 Å². The Morgan fingerprint density at radius 3 is 2.50 bits per heavy atom. The molecule has 0 radical (unpaired) electrons. The van der Waals surface area contributed by atoms with Crippen molar-refractivity contribution in [2.24, 2.45) is 0 Å². The molecule has 1 aromatic heterocycles. The van der Waals surface area contributed by atoms with E-state index >= 15 is 0 Å². The molecular formula is C26H27BrF2N4O3. The second kappa shape index (κ2) is 11.7. The minimum absolute atomic E-state index is 0.0753. The zero-order valence-corrected chi connectivity index (χ0v) is 21.4. The summed E-state index contributed by atoms with van der Waals surface area (Å²) in [5.74, 6) is -1.07. The minimum atomic E-state index is -0.714. The average Bonchev–Trinajstić information content (AvgIpc) is 2.88.